The first-order valence-corrected chi connectivity index (χ1v) is 10.4. The van der Waals surface area contributed by atoms with E-state index in [1.54, 1.807) is 37.8 Å². The number of fused-ring (bicyclic) bond motifs is 3. The number of aromatic hydroxyl groups is 1. The lowest BCUT2D eigenvalue weighted by Gasteiger charge is -2.45. The van der Waals surface area contributed by atoms with Crippen molar-refractivity contribution in [2.75, 3.05) is 11.9 Å². The van der Waals surface area contributed by atoms with Gasteiger partial charge in [0.05, 0.1) is 23.6 Å². The molecule has 1 aromatic carbocycles. The number of anilines is 1. The molecule has 8 heteroatoms. The largest absolute Gasteiger partial charge is 0.507 e. The zero-order valence-electron chi connectivity index (χ0n) is 17.7. The maximum absolute atomic E-state index is 14.6. The predicted molar refractivity (Wildman–Crippen MR) is 115 cm³/mol. The van der Waals surface area contributed by atoms with Crippen molar-refractivity contribution < 1.29 is 13.9 Å². The third-order valence-electron chi connectivity index (χ3n) is 6.91. The highest BCUT2D eigenvalue weighted by Gasteiger charge is 2.65. The zero-order valence-corrected chi connectivity index (χ0v) is 17.7. The molecule has 3 aromatic rings. The van der Waals surface area contributed by atoms with Crippen LogP contribution < -0.4 is 10.2 Å². The van der Waals surface area contributed by atoms with Crippen LogP contribution in [0.1, 0.15) is 33.1 Å². The molecular formula is C23H25F2N5O. The molecule has 3 atom stereocenters. The van der Waals surface area contributed by atoms with Gasteiger partial charge in [-0.25, -0.2) is 13.8 Å². The van der Waals surface area contributed by atoms with Crippen LogP contribution in [0.15, 0.2) is 43.0 Å². The Morgan fingerprint density at radius 2 is 1.90 bits per heavy atom. The van der Waals surface area contributed by atoms with E-state index in [2.05, 4.69) is 20.3 Å². The summed E-state index contributed by atoms with van der Waals surface area (Å²) in [5, 5.41) is 15.4. The molecule has 0 amide bonds. The molecule has 0 unspecified atom stereocenters. The lowest BCUT2D eigenvalue weighted by Crippen LogP contribution is -2.61. The maximum atomic E-state index is 14.6. The van der Waals surface area contributed by atoms with Gasteiger partial charge in [0.15, 0.2) is 0 Å². The van der Waals surface area contributed by atoms with Gasteiger partial charge < -0.3 is 15.3 Å². The van der Waals surface area contributed by atoms with Crippen LogP contribution in [0.2, 0.25) is 0 Å². The molecule has 2 fully saturated rings. The average molecular weight is 425 g/mol. The summed E-state index contributed by atoms with van der Waals surface area (Å²) in [6.45, 7) is 3.49. The Morgan fingerprint density at radius 3 is 2.61 bits per heavy atom. The highest BCUT2D eigenvalue weighted by Crippen LogP contribution is 2.52. The Morgan fingerprint density at radius 1 is 1.10 bits per heavy atom. The average Bonchev–Trinajstić information content (AvgIpc) is 2.84. The van der Waals surface area contributed by atoms with Crippen LogP contribution in [-0.4, -0.2) is 50.1 Å². The van der Waals surface area contributed by atoms with Crippen molar-refractivity contribution in [3.63, 3.8) is 0 Å². The third kappa shape index (κ3) is 3.20. The Hall–Kier alpha value is -2.87. The van der Waals surface area contributed by atoms with Crippen LogP contribution in [0.4, 0.5) is 14.6 Å². The van der Waals surface area contributed by atoms with E-state index in [0.29, 0.717) is 29.9 Å². The number of aromatic nitrogens is 3. The van der Waals surface area contributed by atoms with E-state index in [-0.39, 0.29) is 18.2 Å². The summed E-state index contributed by atoms with van der Waals surface area (Å²) in [6, 6.07) is 5.31. The molecule has 0 spiro atoms. The first-order valence-electron chi connectivity index (χ1n) is 10.4. The van der Waals surface area contributed by atoms with Crippen LogP contribution in [0.5, 0.6) is 5.75 Å². The Balaban J connectivity index is 1.41. The standard InChI is InChI=1S/C23H25F2N5O/c1-21-8-16(9-22(2,29-21)23(24,25)13-21)30(3)20-12-27-18(11-28-20)17-6-14-4-5-26-10-15(14)7-19(17)31/h4-7,10-12,16,29,31H,8-9,13H2,1-3H3/t16-,21+,22-/m1/s1. The molecule has 2 aliphatic rings. The number of benzene rings is 1. The molecule has 31 heavy (non-hydrogen) atoms. The normalized spacial score (nSPS) is 29.3. The molecule has 2 N–H and O–H groups in total. The second kappa shape index (κ2) is 6.56. The number of pyridine rings is 1. The van der Waals surface area contributed by atoms with Crippen molar-refractivity contribution in [1.29, 1.82) is 0 Å². The Bertz CT molecular complexity index is 1150. The van der Waals surface area contributed by atoms with Crippen molar-refractivity contribution in [3.05, 3.63) is 43.0 Å². The SMILES string of the molecule is CN(c1cnc(-c2cc3ccncc3cc2O)cn1)[C@@H]1C[C@@]2(C)CC(F)(F)[C@@](C)(C1)N2. The second-order valence-electron chi connectivity index (χ2n) is 9.42. The number of alkyl halides is 2. The summed E-state index contributed by atoms with van der Waals surface area (Å²) in [5.74, 6) is -2.01. The first kappa shape index (κ1) is 20.1. The monoisotopic (exact) mass is 425 g/mol. The lowest BCUT2D eigenvalue weighted by molar-refractivity contribution is -0.0570. The van der Waals surface area contributed by atoms with Crippen LogP contribution in [0, 0.1) is 0 Å². The summed E-state index contributed by atoms with van der Waals surface area (Å²) < 4.78 is 29.2. The highest BCUT2D eigenvalue weighted by molar-refractivity contribution is 5.89. The molecular weight excluding hydrogens is 400 g/mol. The van der Waals surface area contributed by atoms with Crippen LogP contribution >= 0.6 is 0 Å². The third-order valence-corrected chi connectivity index (χ3v) is 6.91. The molecule has 2 bridgehead atoms. The van der Waals surface area contributed by atoms with Gasteiger partial charge in [0.1, 0.15) is 11.6 Å². The minimum absolute atomic E-state index is 0.0775. The summed E-state index contributed by atoms with van der Waals surface area (Å²) in [6.07, 6.45) is 7.43. The van der Waals surface area contributed by atoms with Gasteiger partial charge in [-0.05, 0) is 50.3 Å². The second-order valence-corrected chi connectivity index (χ2v) is 9.42. The van der Waals surface area contributed by atoms with Gasteiger partial charge in [-0.3, -0.25) is 9.97 Å². The Labute approximate surface area is 179 Å². The number of phenols is 1. The maximum Gasteiger partial charge on any atom is 0.267 e. The summed E-state index contributed by atoms with van der Waals surface area (Å²) in [7, 11) is 1.88. The van der Waals surface area contributed by atoms with Crippen molar-refractivity contribution in [2.45, 2.75) is 56.2 Å². The number of phenolic OH excluding ortho intramolecular Hbond substituents is 1. The molecule has 2 aliphatic heterocycles. The molecule has 2 aromatic heterocycles. The quantitative estimate of drug-likeness (QED) is 0.657. The lowest BCUT2D eigenvalue weighted by atomic mass is 9.83. The van der Waals surface area contributed by atoms with Gasteiger partial charge in [0.25, 0.3) is 5.92 Å². The van der Waals surface area contributed by atoms with E-state index < -0.39 is 17.0 Å². The number of piperidine rings is 1. The van der Waals surface area contributed by atoms with E-state index in [4.69, 9.17) is 0 Å². The summed E-state index contributed by atoms with van der Waals surface area (Å²) in [4.78, 5) is 15.1. The number of hydrogen-bond acceptors (Lipinski definition) is 6. The number of hydrogen-bond donors (Lipinski definition) is 2. The molecule has 4 heterocycles. The topological polar surface area (TPSA) is 74.2 Å². The zero-order chi connectivity index (χ0) is 22.0. The number of rotatable bonds is 3. The minimum Gasteiger partial charge on any atom is -0.507 e. The van der Waals surface area contributed by atoms with Crippen molar-refractivity contribution >= 4 is 16.6 Å². The minimum atomic E-state index is -2.74. The molecule has 0 radical (unpaired) electrons. The molecule has 0 aliphatic carbocycles. The van der Waals surface area contributed by atoms with E-state index in [0.717, 1.165) is 10.8 Å². The fourth-order valence-electron chi connectivity index (χ4n) is 5.31. The highest BCUT2D eigenvalue weighted by atomic mass is 19.3. The van der Waals surface area contributed by atoms with Crippen molar-refractivity contribution in [2.24, 2.45) is 0 Å². The van der Waals surface area contributed by atoms with Crippen LogP contribution in [0.3, 0.4) is 0 Å². The molecule has 2 saturated heterocycles. The molecule has 5 rings (SSSR count). The molecule has 6 nitrogen and oxygen atoms in total. The number of nitrogens with one attached hydrogen (secondary N) is 1. The van der Waals surface area contributed by atoms with Crippen LogP contribution in [0.25, 0.3) is 22.0 Å². The smallest absolute Gasteiger partial charge is 0.267 e. The first-order chi connectivity index (χ1) is 14.6. The van der Waals surface area contributed by atoms with Gasteiger partial charge in [0.2, 0.25) is 0 Å². The van der Waals surface area contributed by atoms with E-state index in [1.807, 2.05) is 31.0 Å². The van der Waals surface area contributed by atoms with E-state index in [9.17, 15) is 13.9 Å². The summed E-state index contributed by atoms with van der Waals surface area (Å²) >= 11 is 0. The van der Waals surface area contributed by atoms with E-state index in [1.165, 1.54) is 0 Å². The van der Waals surface area contributed by atoms with Crippen molar-refractivity contribution in [1.82, 2.24) is 20.3 Å². The van der Waals surface area contributed by atoms with Crippen LogP contribution in [-0.2, 0) is 0 Å². The van der Waals surface area contributed by atoms with Gasteiger partial charge >= 0.3 is 0 Å². The Kier molecular flexibility index (Phi) is 4.25. The van der Waals surface area contributed by atoms with Gasteiger partial charge in [-0.2, -0.15) is 0 Å². The van der Waals surface area contributed by atoms with Gasteiger partial charge in [-0.15, -0.1) is 0 Å². The summed E-state index contributed by atoms with van der Waals surface area (Å²) in [5.41, 5.74) is -0.698. The predicted octanol–water partition coefficient (Wildman–Crippen LogP) is 4.14. The van der Waals surface area contributed by atoms with E-state index >= 15 is 0 Å². The fourth-order valence-corrected chi connectivity index (χ4v) is 5.31. The van der Waals surface area contributed by atoms with Crippen molar-refractivity contribution in [3.8, 4) is 17.0 Å². The van der Waals surface area contributed by atoms with Gasteiger partial charge in [0, 0.05) is 48.4 Å². The number of nitrogens with zero attached hydrogens (tertiary/aromatic N) is 4. The van der Waals surface area contributed by atoms with Gasteiger partial charge in [-0.1, -0.05) is 0 Å². The number of halogens is 2. The fraction of sp³-hybridized carbons (Fsp3) is 0.435. The molecule has 0 saturated carbocycles. The molecule has 162 valence electrons.